The van der Waals surface area contributed by atoms with Gasteiger partial charge in [0.15, 0.2) is 0 Å². The molecular weight excluding hydrogens is 488 g/mol. The molecule has 0 radical (unpaired) electrons. The van der Waals surface area contributed by atoms with E-state index in [2.05, 4.69) is 0 Å². The van der Waals surface area contributed by atoms with Crippen LogP contribution in [0, 0.1) is 17.0 Å². The zero-order chi connectivity index (χ0) is 26.9. The minimum Gasteiger partial charge on any atom is -0.324 e. The van der Waals surface area contributed by atoms with Crippen LogP contribution in [0.2, 0.25) is 0 Å². The average molecular weight is 518 g/mol. The Morgan fingerprint density at radius 1 is 0.816 bits per heavy atom. The smallest absolute Gasteiger partial charge is 0.324 e. The molecule has 3 aromatic carbocycles. The van der Waals surface area contributed by atoms with E-state index in [4.69, 9.17) is 0 Å². The molecule has 0 aliphatic carbocycles. The van der Waals surface area contributed by atoms with Gasteiger partial charge in [0, 0.05) is 37.2 Å². The van der Waals surface area contributed by atoms with Gasteiger partial charge in [0.25, 0.3) is 0 Å². The Balaban J connectivity index is 1.37. The minimum absolute atomic E-state index is 0.0818. The molecule has 5 rings (SSSR count). The van der Waals surface area contributed by atoms with Crippen LogP contribution in [0.3, 0.4) is 0 Å². The molecule has 3 aromatic rings. The van der Waals surface area contributed by atoms with Crippen LogP contribution in [0.5, 0.6) is 0 Å². The second-order valence-corrected chi connectivity index (χ2v) is 9.95. The molecule has 0 unspecified atom stereocenters. The number of hydrogen-bond acceptors (Lipinski definition) is 3. The number of Topliss-reactive ketones (excluding diaryl/α,β-unsaturated/α-hetero) is 1. The van der Waals surface area contributed by atoms with Gasteiger partial charge in [0.2, 0.25) is 5.91 Å². The van der Waals surface area contributed by atoms with Crippen LogP contribution in [0.4, 0.5) is 30.6 Å². The Hall–Kier alpha value is -4.07. The number of anilines is 3. The van der Waals surface area contributed by atoms with E-state index in [1.165, 1.54) is 43.3 Å². The number of hydrogen-bond donors (Lipinski definition) is 0. The summed E-state index contributed by atoms with van der Waals surface area (Å²) in [6, 6.07) is 19.1. The maximum absolute atomic E-state index is 14.8. The molecule has 8 heteroatoms. The summed E-state index contributed by atoms with van der Waals surface area (Å²) in [6.07, 6.45) is 1.15. The largest absolute Gasteiger partial charge is 0.324 e. The zero-order valence-electron chi connectivity index (χ0n) is 21.2. The lowest BCUT2D eigenvalue weighted by atomic mass is 9.72. The third-order valence-corrected chi connectivity index (χ3v) is 7.78. The van der Waals surface area contributed by atoms with Gasteiger partial charge in [-0.25, -0.2) is 13.6 Å². The lowest BCUT2D eigenvalue weighted by Gasteiger charge is -2.41. The van der Waals surface area contributed by atoms with E-state index >= 15 is 0 Å². The van der Waals surface area contributed by atoms with Crippen molar-refractivity contribution in [2.45, 2.75) is 32.6 Å². The van der Waals surface area contributed by atoms with Crippen molar-refractivity contribution in [2.75, 3.05) is 29.4 Å². The number of likely N-dealkylation sites (tertiary alicyclic amines) is 1. The first kappa shape index (κ1) is 25.6. The first-order valence-electron chi connectivity index (χ1n) is 12.8. The second kappa shape index (κ2) is 10.4. The molecular formula is C30H29F2N3O3. The fraction of sp³-hybridized carbons (Fsp3) is 0.300. The monoisotopic (exact) mass is 517 g/mol. The number of urea groups is 1. The molecule has 2 aliphatic heterocycles. The average Bonchev–Trinajstić information content (AvgIpc) is 3.35. The van der Waals surface area contributed by atoms with E-state index in [1.807, 2.05) is 24.3 Å². The highest BCUT2D eigenvalue weighted by atomic mass is 19.1. The molecule has 1 fully saturated rings. The van der Waals surface area contributed by atoms with Gasteiger partial charge in [-0.15, -0.1) is 0 Å². The first-order valence-corrected chi connectivity index (χ1v) is 12.8. The third kappa shape index (κ3) is 4.66. The van der Waals surface area contributed by atoms with Crippen molar-refractivity contribution in [3.05, 3.63) is 90.0 Å². The van der Waals surface area contributed by atoms with Gasteiger partial charge in [0.1, 0.15) is 17.4 Å². The van der Waals surface area contributed by atoms with E-state index in [1.54, 1.807) is 21.9 Å². The topological polar surface area (TPSA) is 60.9 Å². The van der Waals surface area contributed by atoms with Crippen LogP contribution in [-0.2, 0) is 16.0 Å². The van der Waals surface area contributed by atoms with E-state index in [9.17, 15) is 23.2 Å². The van der Waals surface area contributed by atoms with Crippen LogP contribution in [0.15, 0.2) is 72.8 Å². The van der Waals surface area contributed by atoms with Crippen molar-refractivity contribution in [2.24, 2.45) is 5.41 Å². The maximum Gasteiger partial charge on any atom is 0.324 e. The number of ketones is 1. The number of nitrogens with zero attached hydrogens (tertiary/aromatic N) is 3. The fourth-order valence-electron chi connectivity index (χ4n) is 5.52. The molecule has 0 saturated carbocycles. The fourth-order valence-corrected chi connectivity index (χ4v) is 5.52. The Labute approximate surface area is 220 Å². The van der Waals surface area contributed by atoms with Gasteiger partial charge in [-0.1, -0.05) is 42.5 Å². The second-order valence-electron chi connectivity index (χ2n) is 9.95. The van der Waals surface area contributed by atoms with E-state index in [-0.39, 0.29) is 42.5 Å². The molecule has 1 saturated heterocycles. The molecule has 196 valence electrons. The number of halogens is 2. The lowest BCUT2D eigenvalue weighted by Crippen LogP contribution is -2.51. The summed E-state index contributed by atoms with van der Waals surface area (Å²) < 4.78 is 29.6. The maximum atomic E-state index is 14.8. The molecule has 0 atom stereocenters. The summed E-state index contributed by atoms with van der Waals surface area (Å²) >= 11 is 0. The van der Waals surface area contributed by atoms with Crippen molar-refractivity contribution < 1.29 is 23.2 Å². The molecule has 0 bridgehead atoms. The normalized spacial score (nSPS) is 16.2. The van der Waals surface area contributed by atoms with Gasteiger partial charge in [-0.2, -0.15) is 0 Å². The molecule has 0 N–H and O–H groups in total. The molecule has 6 nitrogen and oxygen atoms in total. The van der Waals surface area contributed by atoms with Crippen LogP contribution in [0.25, 0.3) is 0 Å². The van der Waals surface area contributed by atoms with Gasteiger partial charge < -0.3 is 4.90 Å². The van der Waals surface area contributed by atoms with Crippen LogP contribution in [0.1, 0.15) is 31.7 Å². The summed E-state index contributed by atoms with van der Waals surface area (Å²) in [6.45, 7) is 2.66. The van der Waals surface area contributed by atoms with Gasteiger partial charge in [-0.05, 0) is 62.1 Å². The van der Waals surface area contributed by atoms with Crippen molar-refractivity contribution in [3.8, 4) is 0 Å². The molecule has 0 spiro atoms. The highest BCUT2D eigenvalue weighted by Gasteiger charge is 2.44. The Morgan fingerprint density at radius 2 is 1.37 bits per heavy atom. The quantitative estimate of drug-likeness (QED) is 0.425. The molecule has 2 aliphatic rings. The highest BCUT2D eigenvalue weighted by Crippen LogP contribution is 2.40. The van der Waals surface area contributed by atoms with Crippen molar-refractivity contribution in [1.29, 1.82) is 0 Å². The van der Waals surface area contributed by atoms with Crippen LogP contribution < -0.4 is 9.80 Å². The summed E-state index contributed by atoms with van der Waals surface area (Å²) in [7, 11) is 0. The number of carbonyl (C=O) groups excluding carboxylic acids is 3. The van der Waals surface area contributed by atoms with Gasteiger partial charge in [0.05, 0.1) is 11.4 Å². The van der Waals surface area contributed by atoms with E-state index in [0.29, 0.717) is 19.6 Å². The molecule has 3 amide bonds. The summed E-state index contributed by atoms with van der Waals surface area (Å²) in [4.78, 5) is 44.5. The number of fused-ring (bicyclic) bond motifs is 1. The third-order valence-electron chi connectivity index (χ3n) is 7.78. The minimum atomic E-state index is -1.04. The lowest BCUT2D eigenvalue weighted by molar-refractivity contribution is -0.134. The predicted octanol–water partition coefficient (Wildman–Crippen LogP) is 5.87. The van der Waals surface area contributed by atoms with E-state index in [0.717, 1.165) is 22.6 Å². The Kier molecular flexibility index (Phi) is 6.97. The Morgan fingerprint density at radius 3 is 1.95 bits per heavy atom. The molecule has 2 heterocycles. The number of piperidine rings is 1. The van der Waals surface area contributed by atoms with Crippen molar-refractivity contribution in [1.82, 2.24) is 4.90 Å². The number of benzene rings is 3. The van der Waals surface area contributed by atoms with E-state index < -0.39 is 23.0 Å². The molecule has 38 heavy (non-hydrogen) atoms. The highest BCUT2D eigenvalue weighted by molar-refractivity contribution is 6.03. The van der Waals surface area contributed by atoms with Crippen molar-refractivity contribution in [3.63, 3.8) is 0 Å². The summed E-state index contributed by atoms with van der Waals surface area (Å²) in [5.41, 5.74) is 0.832. The number of para-hydroxylation sites is 3. The summed E-state index contributed by atoms with van der Waals surface area (Å²) in [5.74, 6) is -2.10. The summed E-state index contributed by atoms with van der Waals surface area (Å²) in [5, 5.41) is 0. The van der Waals surface area contributed by atoms with Gasteiger partial charge in [-0.3, -0.25) is 19.4 Å². The predicted molar refractivity (Wildman–Crippen MR) is 141 cm³/mol. The molecule has 0 aromatic heterocycles. The van der Waals surface area contributed by atoms with Crippen molar-refractivity contribution >= 4 is 34.8 Å². The standard InChI is InChI=1S/C30H29F2N3O3/c1-21(36)30(15-18-33(19-16-30)29(38)34-17-14-22-8-2-5-11-25(22)34)20-28(37)35(26-12-6-3-9-23(26)31)27-13-7-4-10-24(27)32/h2-13H,14-20H2,1H3. The first-order chi connectivity index (χ1) is 18.3. The van der Waals surface area contributed by atoms with Crippen LogP contribution in [-0.4, -0.2) is 42.3 Å². The zero-order valence-corrected chi connectivity index (χ0v) is 21.2. The van der Waals surface area contributed by atoms with Crippen LogP contribution >= 0.6 is 0 Å². The van der Waals surface area contributed by atoms with Gasteiger partial charge >= 0.3 is 6.03 Å². The SMILES string of the molecule is CC(=O)C1(CC(=O)N(c2ccccc2F)c2ccccc2F)CCN(C(=O)N2CCc3ccccc32)CC1. The number of amides is 3. The Bertz CT molecular complexity index is 1340. The number of rotatable bonds is 5. The number of carbonyl (C=O) groups is 3.